The van der Waals surface area contributed by atoms with Gasteiger partial charge in [-0.2, -0.15) is 0 Å². The predicted molar refractivity (Wildman–Crippen MR) is 135 cm³/mol. The first-order valence-corrected chi connectivity index (χ1v) is 10.9. The van der Waals surface area contributed by atoms with Crippen LogP contribution in [0.4, 0.5) is 5.82 Å². The van der Waals surface area contributed by atoms with Crippen molar-refractivity contribution in [2.24, 2.45) is 4.99 Å². The van der Waals surface area contributed by atoms with Gasteiger partial charge < -0.3 is 10.2 Å². The molecule has 6 aromatic rings. The largest absolute Gasteiger partial charge is 0.437 e. The molecule has 4 aromatic carbocycles. The molecule has 0 amide bonds. The Morgan fingerprint density at radius 2 is 1.45 bits per heavy atom. The third-order valence-electron chi connectivity index (χ3n) is 5.95. The first-order valence-electron chi connectivity index (χ1n) is 10.9. The Hall–Kier alpha value is -4.44. The van der Waals surface area contributed by atoms with Crippen LogP contribution in [-0.2, 0) is 6.54 Å². The highest BCUT2D eigenvalue weighted by Gasteiger charge is 2.15. The smallest absolute Gasteiger partial charge is 0.226 e. The molecule has 0 saturated carbocycles. The number of rotatable bonds is 3. The summed E-state index contributed by atoms with van der Waals surface area (Å²) in [6, 6.07) is 34.7. The number of fused-ring (bicyclic) bond motifs is 5. The number of aromatic nitrogens is 1. The maximum atomic E-state index is 6.54. The zero-order chi connectivity index (χ0) is 22.2. The second-order valence-electron chi connectivity index (χ2n) is 8.05. The summed E-state index contributed by atoms with van der Waals surface area (Å²) in [4.78, 5) is 9.55. The minimum atomic E-state index is 0.414. The third kappa shape index (κ3) is 3.42. The van der Waals surface area contributed by atoms with Gasteiger partial charge in [-0.25, -0.2) is 9.98 Å². The lowest BCUT2D eigenvalue weighted by molar-refractivity contribution is 0.546. The number of hydrogen-bond donors (Lipinski definition) is 1. The van der Waals surface area contributed by atoms with Crippen LogP contribution in [0.5, 0.6) is 0 Å². The van der Waals surface area contributed by atoms with Crippen molar-refractivity contribution in [3.8, 4) is 11.3 Å². The number of nitrogens with zero attached hydrogens (tertiary/aromatic N) is 2. The molecule has 33 heavy (non-hydrogen) atoms. The zero-order valence-electron chi connectivity index (χ0n) is 17.9. The molecule has 0 radical (unpaired) electrons. The third-order valence-corrected chi connectivity index (χ3v) is 5.95. The summed E-state index contributed by atoms with van der Waals surface area (Å²) in [6.07, 6.45) is 0. The minimum Gasteiger partial charge on any atom is -0.437 e. The number of hydrogen-bond acceptors (Lipinski definition) is 4. The molecule has 2 aromatic heterocycles. The summed E-state index contributed by atoms with van der Waals surface area (Å²) >= 11 is 0. The van der Waals surface area contributed by atoms with Crippen molar-refractivity contribution in [3.05, 3.63) is 114 Å². The molecule has 0 atom stereocenters. The van der Waals surface area contributed by atoms with Crippen LogP contribution in [0.15, 0.2) is 113 Å². The fourth-order valence-electron chi connectivity index (χ4n) is 4.33. The van der Waals surface area contributed by atoms with Gasteiger partial charge in [-0.15, -0.1) is 0 Å². The maximum absolute atomic E-state index is 6.54. The molecule has 4 heteroatoms. The average molecular weight is 428 g/mol. The Balaban J connectivity index is 1.71. The fourth-order valence-corrected chi connectivity index (χ4v) is 4.33. The molecular weight excluding hydrogens is 406 g/mol. The Bertz CT molecular complexity index is 1690. The van der Waals surface area contributed by atoms with Crippen LogP contribution >= 0.6 is 0 Å². The topological polar surface area (TPSA) is 64.4 Å². The zero-order valence-corrected chi connectivity index (χ0v) is 17.9. The molecule has 0 unspecified atom stereocenters. The van der Waals surface area contributed by atoms with E-state index in [1.807, 2.05) is 60.7 Å². The van der Waals surface area contributed by atoms with Gasteiger partial charge in [-0.1, -0.05) is 91.0 Å². The van der Waals surface area contributed by atoms with E-state index in [0.29, 0.717) is 17.9 Å². The predicted octanol–water partition coefficient (Wildman–Crippen LogP) is 6.48. The van der Waals surface area contributed by atoms with Crippen LogP contribution in [0, 0.1) is 0 Å². The van der Waals surface area contributed by atoms with Crippen molar-refractivity contribution < 1.29 is 4.42 Å². The summed E-state index contributed by atoms with van der Waals surface area (Å²) < 4.78 is 6.45. The van der Waals surface area contributed by atoms with Gasteiger partial charge in [0.05, 0.1) is 17.6 Å². The second-order valence-corrected chi connectivity index (χ2v) is 8.05. The Labute approximate surface area is 190 Å². The van der Waals surface area contributed by atoms with E-state index in [2.05, 4.69) is 42.5 Å². The molecule has 4 nitrogen and oxygen atoms in total. The molecule has 2 N–H and O–H groups in total. The van der Waals surface area contributed by atoms with E-state index < -0.39 is 0 Å². The van der Waals surface area contributed by atoms with E-state index in [0.717, 1.165) is 49.3 Å². The molecule has 158 valence electrons. The SMILES string of the molecule is Nc1nc(-c2ccccc2)cc2c1c(=NCc1ccccc1)oc1c3ccccc3ccc21. The van der Waals surface area contributed by atoms with Crippen LogP contribution in [0.25, 0.3) is 43.8 Å². The summed E-state index contributed by atoms with van der Waals surface area (Å²) in [5.74, 6) is 0.414. The number of benzene rings is 4. The van der Waals surface area contributed by atoms with Crippen molar-refractivity contribution >= 4 is 38.3 Å². The first kappa shape index (κ1) is 19.3. The first-order chi connectivity index (χ1) is 16.3. The monoisotopic (exact) mass is 427 g/mol. The van der Waals surface area contributed by atoms with Crippen LogP contribution < -0.4 is 11.3 Å². The molecule has 0 bridgehead atoms. The van der Waals surface area contributed by atoms with Crippen LogP contribution in [0.1, 0.15) is 5.56 Å². The molecule has 0 fully saturated rings. The van der Waals surface area contributed by atoms with Crippen molar-refractivity contribution in [1.29, 1.82) is 0 Å². The van der Waals surface area contributed by atoms with Gasteiger partial charge in [0.1, 0.15) is 11.4 Å². The number of nitrogens with two attached hydrogens (primary N) is 1. The van der Waals surface area contributed by atoms with E-state index in [4.69, 9.17) is 20.1 Å². The number of pyridine rings is 1. The van der Waals surface area contributed by atoms with E-state index in [1.165, 1.54) is 0 Å². The average Bonchev–Trinajstić information content (AvgIpc) is 2.88. The van der Waals surface area contributed by atoms with E-state index >= 15 is 0 Å². The van der Waals surface area contributed by atoms with Gasteiger partial charge in [0.15, 0.2) is 0 Å². The molecule has 0 saturated heterocycles. The van der Waals surface area contributed by atoms with Crippen molar-refractivity contribution in [2.45, 2.75) is 6.54 Å². The van der Waals surface area contributed by atoms with Crippen LogP contribution in [-0.4, -0.2) is 4.98 Å². The van der Waals surface area contributed by atoms with E-state index in [1.54, 1.807) is 0 Å². The van der Waals surface area contributed by atoms with Crippen molar-refractivity contribution in [2.75, 3.05) is 5.73 Å². The van der Waals surface area contributed by atoms with Gasteiger partial charge in [-0.05, 0) is 23.1 Å². The number of nitrogen functional groups attached to an aromatic ring is 1. The molecule has 0 aliphatic heterocycles. The standard InChI is InChI=1S/C29H21N3O/c30-28-26-24(17-25(32-28)21-12-5-2-6-13-21)23-16-15-20-11-7-8-14-22(20)27(23)33-29(26)31-18-19-9-3-1-4-10-19/h1-17H,18H2,(H2,30,32). The Kier molecular flexibility index (Phi) is 4.62. The summed E-state index contributed by atoms with van der Waals surface area (Å²) in [5, 5.41) is 4.89. The quantitative estimate of drug-likeness (QED) is 0.329. The van der Waals surface area contributed by atoms with Crippen molar-refractivity contribution in [3.63, 3.8) is 0 Å². The molecule has 0 aliphatic rings. The van der Waals surface area contributed by atoms with Gasteiger partial charge in [-0.3, -0.25) is 0 Å². The molecule has 2 heterocycles. The lowest BCUT2D eigenvalue weighted by Crippen LogP contribution is -2.09. The highest BCUT2D eigenvalue weighted by Crippen LogP contribution is 2.33. The van der Waals surface area contributed by atoms with Gasteiger partial charge in [0, 0.05) is 21.7 Å². The van der Waals surface area contributed by atoms with Gasteiger partial charge in [0.25, 0.3) is 0 Å². The Morgan fingerprint density at radius 3 is 2.27 bits per heavy atom. The van der Waals surface area contributed by atoms with Crippen LogP contribution in [0.3, 0.4) is 0 Å². The maximum Gasteiger partial charge on any atom is 0.226 e. The minimum absolute atomic E-state index is 0.414. The normalized spacial score (nSPS) is 12.1. The summed E-state index contributed by atoms with van der Waals surface area (Å²) in [5.41, 5.74) is 10.8. The summed E-state index contributed by atoms with van der Waals surface area (Å²) in [6.45, 7) is 0.496. The molecule has 0 aliphatic carbocycles. The van der Waals surface area contributed by atoms with E-state index in [-0.39, 0.29) is 0 Å². The number of anilines is 1. The Morgan fingerprint density at radius 1 is 0.727 bits per heavy atom. The summed E-state index contributed by atoms with van der Waals surface area (Å²) in [7, 11) is 0. The molecular formula is C29H21N3O. The highest BCUT2D eigenvalue weighted by atomic mass is 16.3. The van der Waals surface area contributed by atoms with E-state index in [9.17, 15) is 0 Å². The van der Waals surface area contributed by atoms with Crippen LogP contribution in [0.2, 0.25) is 0 Å². The lowest BCUT2D eigenvalue weighted by Gasteiger charge is -2.11. The lowest BCUT2D eigenvalue weighted by atomic mass is 10.0. The molecule has 6 rings (SSSR count). The van der Waals surface area contributed by atoms with Gasteiger partial charge in [0.2, 0.25) is 5.55 Å². The highest BCUT2D eigenvalue weighted by molar-refractivity contribution is 6.15. The van der Waals surface area contributed by atoms with Crippen molar-refractivity contribution in [1.82, 2.24) is 4.98 Å². The molecule has 0 spiro atoms. The van der Waals surface area contributed by atoms with Gasteiger partial charge >= 0.3 is 0 Å². The fraction of sp³-hybridized carbons (Fsp3) is 0.0345. The second kappa shape index (κ2) is 7.92.